The highest BCUT2D eigenvalue weighted by atomic mass is 127. The minimum atomic E-state index is -0.554. The highest BCUT2D eigenvalue weighted by molar-refractivity contribution is 14.1. The summed E-state index contributed by atoms with van der Waals surface area (Å²) < 4.78 is 24.9. The van der Waals surface area contributed by atoms with Crippen LogP contribution < -0.4 is 20.1 Å². The molecule has 0 bridgehead atoms. The van der Waals surface area contributed by atoms with Gasteiger partial charge in [0.05, 0.1) is 10.7 Å². The zero-order chi connectivity index (χ0) is 18.7. The minimum Gasteiger partial charge on any atom is -0.493 e. The van der Waals surface area contributed by atoms with Crippen LogP contribution in [0.25, 0.3) is 6.08 Å². The quantitative estimate of drug-likeness (QED) is 0.402. The maximum atomic E-state index is 13.0. The van der Waals surface area contributed by atoms with Gasteiger partial charge in [-0.25, -0.2) is 9.18 Å². The molecule has 0 spiro atoms. The Morgan fingerprint density at radius 1 is 1.15 bits per heavy atom. The Morgan fingerprint density at radius 3 is 2.50 bits per heavy atom. The fourth-order valence-electron chi connectivity index (χ4n) is 2.35. The van der Waals surface area contributed by atoms with E-state index in [4.69, 9.17) is 9.47 Å². The highest BCUT2D eigenvalue weighted by Gasteiger charge is 2.23. The number of benzene rings is 2. The third-order valence-electron chi connectivity index (χ3n) is 3.58. The molecule has 1 aliphatic heterocycles. The first kappa shape index (κ1) is 18.2. The van der Waals surface area contributed by atoms with Crippen LogP contribution in [0.2, 0.25) is 0 Å². The second-order valence-electron chi connectivity index (χ2n) is 5.42. The minimum absolute atomic E-state index is 0.160. The number of hydrogen-bond acceptors (Lipinski definition) is 4. The van der Waals surface area contributed by atoms with Crippen molar-refractivity contribution in [3.63, 3.8) is 0 Å². The van der Waals surface area contributed by atoms with Crippen molar-refractivity contribution in [1.29, 1.82) is 0 Å². The number of imide groups is 1. The molecular weight excluding hydrogens is 454 g/mol. The lowest BCUT2D eigenvalue weighted by Crippen LogP contribution is -2.22. The van der Waals surface area contributed by atoms with Crippen molar-refractivity contribution < 1.29 is 23.5 Å². The van der Waals surface area contributed by atoms with Crippen LogP contribution in [0.15, 0.2) is 42.1 Å². The summed E-state index contributed by atoms with van der Waals surface area (Å²) in [7, 11) is 1.51. The number of nitrogens with one attached hydrogen (secondary N) is 2. The van der Waals surface area contributed by atoms with Crippen molar-refractivity contribution >= 4 is 40.6 Å². The predicted octanol–water partition coefficient (Wildman–Crippen LogP) is 3.20. The zero-order valence-electron chi connectivity index (χ0n) is 13.6. The van der Waals surface area contributed by atoms with Crippen molar-refractivity contribution in [2.45, 2.75) is 6.61 Å². The number of amides is 3. The first-order chi connectivity index (χ1) is 12.5. The Hall–Kier alpha value is -2.62. The Bertz CT molecular complexity index is 897. The first-order valence-electron chi connectivity index (χ1n) is 7.55. The molecule has 1 heterocycles. The van der Waals surface area contributed by atoms with Crippen LogP contribution >= 0.6 is 22.6 Å². The smallest absolute Gasteiger partial charge is 0.326 e. The van der Waals surface area contributed by atoms with E-state index in [-0.39, 0.29) is 18.1 Å². The predicted molar refractivity (Wildman–Crippen MR) is 101 cm³/mol. The number of hydrogen-bond donors (Lipinski definition) is 2. The van der Waals surface area contributed by atoms with Crippen molar-refractivity contribution in [2.75, 3.05) is 7.11 Å². The molecule has 1 aliphatic rings. The van der Waals surface area contributed by atoms with Crippen molar-refractivity contribution in [1.82, 2.24) is 10.6 Å². The average Bonchev–Trinajstić information content (AvgIpc) is 2.92. The third kappa shape index (κ3) is 4.13. The molecule has 1 saturated heterocycles. The third-order valence-corrected chi connectivity index (χ3v) is 4.38. The van der Waals surface area contributed by atoms with Crippen molar-refractivity contribution in [3.8, 4) is 11.5 Å². The maximum absolute atomic E-state index is 13.0. The van der Waals surface area contributed by atoms with Gasteiger partial charge < -0.3 is 14.8 Å². The zero-order valence-corrected chi connectivity index (χ0v) is 15.8. The average molecular weight is 468 g/mol. The largest absolute Gasteiger partial charge is 0.493 e. The molecule has 0 unspecified atom stereocenters. The molecule has 0 atom stereocenters. The Labute approximate surface area is 162 Å². The summed E-state index contributed by atoms with van der Waals surface area (Å²) in [5.74, 6) is 0.233. The molecule has 0 aromatic heterocycles. The number of methoxy groups -OCH3 is 1. The molecule has 0 aliphatic carbocycles. The van der Waals surface area contributed by atoms with Gasteiger partial charge in [0.2, 0.25) is 0 Å². The first-order valence-corrected chi connectivity index (χ1v) is 8.63. The normalized spacial score (nSPS) is 15.0. The molecule has 3 amide bonds. The van der Waals surface area contributed by atoms with E-state index in [1.54, 1.807) is 30.3 Å². The molecule has 0 saturated carbocycles. The molecule has 2 aromatic rings. The second-order valence-corrected chi connectivity index (χ2v) is 6.58. The second kappa shape index (κ2) is 7.73. The lowest BCUT2D eigenvalue weighted by molar-refractivity contribution is -0.115. The van der Waals surface area contributed by atoms with E-state index in [2.05, 4.69) is 33.2 Å². The topological polar surface area (TPSA) is 76.7 Å². The molecule has 2 aromatic carbocycles. The van der Waals surface area contributed by atoms with Gasteiger partial charge in [-0.15, -0.1) is 0 Å². The number of carbonyl (C=O) groups excluding carboxylic acids is 2. The van der Waals surface area contributed by atoms with E-state index in [1.165, 1.54) is 19.2 Å². The number of rotatable bonds is 5. The van der Waals surface area contributed by atoms with E-state index < -0.39 is 11.9 Å². The lowest BCUT2D eigenvalue weighted by Gasteiger charge is -2.14. The van der Waals surface area contributed by atoms with Gasteiger partial charge in [-0.2, -0.15) is 0 Å². The van der Waals surface area contributed by atoms with Crippen LogP contribution in [0.4, 0.5) is 9.18 Å². The summed E-state index contributed by atoms with van der Waals surface area (Å²) >= 11 is 2.10. The number of halogens is 2. The fraction of sp³-hybridized carbons (Fsp3) is 0.111. The molecule has 3 rings (SSSR count). The fourth-order valence-corrected chi connectivity index (χ4v) is 3.13. The summed E-state index contributed by atoms with van der Waals surface area (Å²) in [6.07, 6.45) is 1.55. The van der Waals surface area contributed by atoms with E-state index >= 15 is 0 Å². The van der Waals surface area contributed by atoms with Crippen LogP contribution in [0.5, 0.6) is 11.5 Å². The Morgan fingerprint density at radius 2 is 1.88 bits per heavy atom. The SMILES string of the molecule is COc1cc(/C=C2\NC(=O)NC2=O)cc(I)c1OCc1ccc(F)cc1. The van der Waals surface area contributed by atoms with Gasteiger partial charge in [0.15, 0.2) is 11.5 Å². The Kier molecular flexibility index (Phi) is 5.40. The number of urea groups is 1. The van der Waals surface area contributed by atoms with Crippen LogP contribution in [-0.2, 0) is 11.4 Å². The van der Waals surface area contributed by atoms with E-state index in [1.807, 2.05) is 0 Å². The van der Waals surface area contributed by atoms with E-state index in [0.717, 1.165) is 9.13 Å². The molecule has 134 valence electrons. The summed E-state index contributed by atoms with van der Waals surface area (Å²) in [6, 6.07) is 8.99. The summed E-state index contributed by atoms with van der Waals surface area (Å²) in [6.45, 7) is 0.255. The van der Waals surface area contributed by atoms with Crippen LogP contribution in [0.3, 0.4) is 0 Å². The van der Waals surface area contributed by atoms with Gasteiger partial charge in [-0.1, -0.05) is 12.1 Å². The van der Waals surface area contributed by atoms with Crippen LogP contribution in [0, 0.1) is 9.39 Å². The monoisotopic (exact) mass is 468 g/mol. The molecule has 0 radical (unpaired) electrons. The van der Waals surface area contributed by atoms with Crippen molar-refractivity contribution in [2.24, 2.45) is 0 Å². The van der Waals surface area contributed by atoms with Crippen LogP contribution in [0.1, 0.15) is 11.1 Å². The number of carbonyl (C=O) groups is 2. The highest BCUT2D eigenvalue weighted by Crippen LogP contribution is 2.35. The summed E-state index contributed by atoms with van der Waals surface area (Å²) in [4.78, 5) is 22.8. The molecule has 26 heavy (non-hydrogen) atoms. The van der Waals surface area contributed by atoms with E-state index in [9.17, 15) is 14.0 Å². The van der Waals surface area contributed by atoms with Gasteiger partial charge in [0.25, 0.3) is 5.91 Å². The maximum Gasteiger partial charge on any atom is 0.326 e. The van der Waals surface area contributed by atoms with E-state index in [0.29, 0.717) is 17.1 Å². The molecule has 1 fully saturated rings. The van der Waals surface area contributed by atoms with Gasteiger partial charge in [0, 0.05) is 0 Å². The van der Waals surface area contributed by atoms with Gasteiger partial charge in [-0.3, -0.25) is 10.1 Å². The lowest BCUT2D eigenvalue weighted by atomic mass is 10.1. The summed E-state index contributed by atoms with van der Waals surface area (Å²) in [5, 5.41) is 4.57. The Balaban J connectivity index is 1.83. The standard InChI is InChI=1S/C18H14FIN2O4/c1-25-15-8-11(7-14-17(23)22-18(24)21-14)6-13(20)16(15)26-9-10-2-4-12(19)5-3-10/h2-8H,9H2,1H3,(H2,21,22,23,24)/b14-7-. The van der Waals surface area contributed by atoms with Gasteiger partial charge in [0.1, 0.15) is 18.1 Å². The van der Waals surface area contributed by atoms with Gasteiger partial charge >= 0.3 is 6.03 Å². The number of ether oxygens (including phenoxy) is 2. The molecule has 2 N–H and O–H groups in total. The summed E-state index contributed by atoms with van der Waals surface area (Å²) in [5.41, 5.74) is 1.65. The van der Waals surface area contributed by atoms with Crippen molar-refractivity contribution in [3.05, 3.63) is 62.6 Å². The van der Waals surface area contributed by atoms with Gasteiger partial charge in [-0.05, 0) is 64.1 Å². The van der Waals surface area contributed by atoms with Crippen LogP contribution in [-0.4, -0.2) is 19.0 Å². The molecule has 8 heteroatoms. The molecular formula is C18H14FIN2O4. The molecule has 6 nitrogen and oxygen atoms in total.